The van der Waals surface area contributed by atoms with Gasteiger partial charge in [0.1, 0.15) is 5.67 Å². The maximum absolute atomic E-state index is 15.1. The van der Waals surface area contributed by atoms with Gasteiger partial charge < -0.3 is 9.80 Å². The summed E-state index contributed by atoms with van der Waals surface area (Å²) in [6.45, 7) is 12.2. The lowest BCUT2D eigenvalue weighted by atomic mass is 9.85. The molecule has 0 N–H and O–H groups in total. The van der Waals surface area contributed by atoms with Crippen LogP contribution in [0.4, 0.5) is 4.39 Å². The maximum Gasteiger partial charge on any atom is 0.225 e. The summed E-state index contributed by atoms with van der Waals surface area (Å²) in [4.78, 5) is 16.1. The summed E-state index contributed by atoms with van der Waals surface area (Å²) < 4.78 is 15.1. The highest BCUT2D eigenvalue weighted by atomic mass is 19.1. The number of piperidine rings is 2. The summed E-state index contributed by atoms with van der Waals surface area (Å²) in [6, 6.07) is 0. The van der Waals surface area contributed by atoms with Crippen LogP contribution in [0.15, 0.2) is 0 Å². The van der Waals surface area contributed by atoms with Crippen molar-refractivity contribution in [1.29, 1.82) is 0 Å². The first kappa shape index (κ1) is 17.7. The Morgan fingerprint density at radius 1 is 1.09 bits per heavy atom. The molecule has 0 aromatic heterocycles. The zero-order chi connectivity index (χ0) is 16.3. The van der Waals surface area contributed by atoms with Gasteiger partial charge in [0, 0.05) is 38.4 Å². The summed E-state index contributed by atoms with van der Waals surface area (Å²) in [7, 11) is 0. The monoisotopic (exact) mass is 312 g/mol. The molecule has 0 unspecified atom stereocenters. The smallest absolute Gasteiger partial charge is 0.225 e. The van der Waals surface area contributed by atoms with Gasteiger partial charge in [-0.3, -0.25) is 4.79 Å². The van der Waals surface area contributed by atoms with Crippen LogP contribution in [0.2, 0.25) is 0 Å². The summed E-state index contributed by atoms with van der Waals surface area (Å²) >= 11 is 0. The van der Waals surface area contributed by atoms with Crippen molar-refractivity contribution in [3.63, 3.8) is 0 Å². The fourth-order valence-electron chi connectivity index (χ4n) is 3.83. The lowest BCUT2D eigenvalue weighted by molar-refractivity contribution is -0.137. The summed E-state index contributed by atoms with van der Waals surface area (Å²) in [5, 5.41) is 0. The van der Waals surface area contributed by atoms with Gasteiger partial charge in [-0.1, -0.05) is 27.7 Å². The third-order valence-electron chi connectivity index (χ3n) is 5.55. The fourth-order valence-corrected chi connectivity index (χ4v) is 3.83. The first-order valence-corrected chi connectivity index (χ1v) is 9.01. The minimum atomic E-state index is -1.10. The van der Waals surface area contributed by atoms with E-state index in [1.54, 1.807) is 0 Å². The van der Waals surface area contributed by atoms with Crippen LogP contribution in [0.25, 0.3) is 0 Å². The first-order valence-electron chi connectivity index (χ1n) is 9.01. The highest BCUT2D eigenvalue weighted by Gasteiger charge is 2.38. The van der Waals surface area contributed by atoms with E-state index in [1.807, 2.05) is 18.7 Å². The van der Waals surface area contributed by atoms with E-state index >= 15 is 4.39 Å². The Morgan fingerprint density at radius 3 is 2.09 bits per heavy atom. The van der Waals surface area contributed by atoms with Crippen molar-refractivity contribution < 1.29 is 9.18 Å². The molecular weight excluding hydrogens is 279 g/mol. The first-order chi connectivity index (χ1) is 10.3. The molecule has 2 fully saturated rings. The molecule has 0 aromatic rings. The van der Waals surface area contributed by atoms with E-state index in [0.717, 1.165) is 24.9 Å². The fraction of sp³-hybridized carbons (Fsp3) is 0.944. The summed E-state index contributed by atoms with van der Waals surface area (Å²) in [5.74, 6) is 1.73. The standard InChI is InChI=1S/C18H33FN2O/c1-14(2)16-5-9-20(10-6-16)13-18(19)7-11-21(12-8-18)17(22)15(3)4/h14-16H,5-13H2,1-4H3. The van der Waals surface area contributed by atoms with Crippen molar-refractivity contribution >= 4 is 5.91 Å². The molecule has 2 aliphatic heterocycles. The molecule has 0 spiro atoms. The molecule has 1 amide bonds. The Hall–Kier alpha value is -0.640. The van der Waals surface area contributed by atoms with Crippen molar-refractivity contribution in [3.8, 4) is 0 Å². The SMILES string of the molecule is CC(C)C(=O)N1CCC(F)(CN2CCC(C(C)C)CC2)CC1. The molecular formula is C18H33FN2O. The topological polar surface area (TPSA) is 23.6 Å². The Kier molecular flexibility index (Phi) is 5.87. The Balaban J connectivity index is 1.78. The molecule has 0 aliphatic carbocycles. The molecule has 2 heterocycles. The maximum atomic E-state index is 15.1. The van der Waals surface area contributed by atoms with Crippen LogP contribution in [0, 0.1) is 17.8 Å². The minimum absolute atomic E-state index is 0.0159. The van der Waals surface area contributed by atoms with E-state index in [-0.39, 0.29) is 11.8 Å². The average molecular weight is 312 g/mol. The van der Waals surface area contributed by atoms with Crippen LogP contribution in [-0.4, -0.2) is 54.1 Å². The molecule has 22 heavy (non-hydrogen) atoms. The van der Waals surface area contributed by atoms with Crippen LogP contribution in [0.5, 0.6) is 0 Å². The number of carbonyl (C=O) groups is 1. The lowest BCUT2D eigenvalue weighted by Gasteiger charge is -2.42. The van der Waals surface area contributed by atoms with Crippen LogP contribution in [0.1, 0.15) is 53.4 Å². The molecule has 2 saturated heterocycles. The molecule has 2 aliphatic rings. The zero-order valence-corrected chi connectivity index (χ0v) is 14.8. The number of halogens is 1. The van der Waals surface area contributed by atoms with Crippen molar-refractivity contribution in [3.05, 3.63) is 0 Å². The van der Waals surface area contributed by atoms with E-state index < -0.39 is 5.67 Å². The second-order valence-corrected chi connectivity index (χ2v) is 7.99. The summed E-state index contributed by atoms with van der Waals surface area (Å²) in [6.07, 6.45) is 3.39. The largest absolute Gasteiger partial charge is 0.342 e. The number of nitrogens with zero attached hydrogens (tertiary/aromatic N) is 2. The number of carbonyl (C=O) groups excluding carboxylic acids is 1. The lowest BCUT2D eigenvalue weighted by Crippen LogP contribution is -2.51. The average Bonchev–Trinajstić information content (AvgIpc) is 2.47. The zero-order valence-electron chi connectivity index (χ0n) is 14.8. The molecule has 128 valence electrons. The van der Waals surface area contributed by atoms with Crippen LogP contribution in [-0.2, 0) is 4.79 Å². The van der Waals surface area contributed by atoms with E-state index in [1.165, 1.54) is 12.8 Å². The van der Waals surface area contributed by atoms with Crippen molar-refractivity contribution in [2.75, 3.05) is 32.7 Å². The van der Waals surface area contributed by atoms with Gasteiger partial charge in [0.25, 0.3) is 0 Å². The third kappa shape index (κ3) is 4.43. The minimum Gasteiger partial charge on any atom is -0.342 e. The number of amides is 1. The molecule has 0 aromatic carbocycles. The van der Waals surface area contributed by atoms with Gasteiger partial charge in [0.2, 0.25) is 5.91 Å². The highest BCUT2D eigenvalue weighted by Crippen LogP contribution is 2.31. The number of rotatable bonds is 4. The number of alkyl halides is 1. The quantitative estimate of drug-likeness (QED) is 0.795. The van der Waals surface area contributed by atoms with E-state index in [4.69, 9.17) is 0 Å². The predicted octanol–water partition coefficient (Wildman–Crippen LogP) is 3.34. The summed E-state index contributed by atoms with van der Waals surface area (Å²) in [5.41, 5.74) is -1.10. The normalized spacial score (nSPS) is 24.2. The van der Waals surface area contributed by atoms with Gasteiger partial charge in [-0.2, -0.15) is 0 Å². The molecule has 3 nitrogen and oxygen atoms in total. The van der Waals surface area contributed by atoms with Gasteiger partial charge in [0.05, 0.1) is 0 Å². The number of likely N-dealkylation sites (tertiary alicyclic amines) is 2. The molecule has 4 heteroatoms. The van der Waals surface area contributed by atoms with Crippen LogP contribution < -0.4 is 0 Å². The third-order valence-corrected chi connectivity index (χ3v) is 5.55. The van der Waals surface area contributed by atoms with Crippen LogP contribution in [0.3, 0.4) is 0 Å². The van der Waals surface area contributed by atoms with Crippen LogP contribution >= 0.6 is 0 Å². The number of hydrogen-bond donors (Lipinski definition) is 0. The Labute approximate surface area is 135 Å². The van der Waals surface area contributed by atoms with E-state index in [9.17, 15) is 4.79 Å². The second-order valence-electron chi connectivity index (χ2n) is 7.99. The van der Waals surface area contributed by atoms with Crippen molar-refractivity contribution in [2.24, 2.45) is 17.8 Å². The van der Waals surface area contributed by atoms with Gasteiger partial charge >= 0.3 is 0 Å². The number of hydrogen-bond acceptors (Lipinski definition) is 2. The second kappa shape index (κ2) is 7.29. The van der Waals surface area contributed by atoms with E-state index in [2.05, 4.69) is 18.7 Å². The Morgan fingerprint density at radius 2 is 1.64 bits per heavy atom. The molecule has 0 radical (unpaired) electrons. The van der Waals surface area contributed by atoms with Gasteiger partial charge in [-0.15, -0.1) is 0 Å². The molecule has 2 rings (SSSR count). The van der Waals surface area contributed by atoms with Crippen molar-refractivity contribution in [2.45, 2.75) is 59.0 Å². The highest BCUT2D eigenvalue weighted by molar-refractivity contribution is 5.78. The van der Waals surface area contributed by atoms with E-state index in [0.29, 0.717) is 32.5 Å². The molecule has 0 atom stereocenters. The van der Waals surface area contributed by atoms with Gasteiger partial charge in [-0.25, -0.2) is 4.39 Å². The van der Waals surface area contributed by atoms with Crippen molar-refractivity contribution in [1.82, 2.24) is 9.80 Å². The molecule has 0 bridgehead atoms. The Bertz CT molecular complexity index is 367. The van der Waals surface area contributed by atoms with Gasteiger partial charge in [-0.05, 0) is 37.8 Å². The van der Waals surface area contributed by atoms with Gasteiger partial charge in [0.15, 0.2) is 0 Å². The predicted molar refractivity (Wildman–Crippen MR) is 88.5 cm³/mol. The molecule has 0 saturated carbocycles.